The Morgan fingerprint density at radius 1 is 1.09 bits per heavy atom. The Labute approximate surface area is 205 Å². The maximum atomic E-state index is 13.9. The van der Waals surface area contributed by atoms with Crippen molar-refractivity contribution in [1.82, 2.24) is 10.2 Å². The molecule has 1 aliphatic carbocycles. The second kappa shape index (κ2) is 12.4. The molecule has 0 bridgehead atoms. The van der Waals surface area contributed by atoms with E-state index in [2.05, 4.69) is 5.32 Å². The van der Waals surface area contributed by atoms with E-state index >= 15 is 0 Å². The molecule has 1 aliphatic rings. The SMILES string of the molecule is CCCN(C(=O)NC(C)(c1ccccc1)C(C)C)C(=O)[C@H](CC(C)C)[C@@H](C(=O)O)C1CCCC1. The molecule has 1 saturated carbocycles. The van der Waals surface area contributed by atoms with E-state index in [9.17, 15) is 19.5 Å². The minimum Gasteiger partial charge on any atom is -0.481 e. The van der Waals surface area contributed by atoms with Crippen LogP contribution in [0, 0.1) is 29.6 Å². The van der Waals surface area contributed by atoms with Crippen molar-refractivity contribution in [2.75, 3.05) is 6.54 Å². The second-order valence-corrected chi connectivity index (χ2v) is 10.8. The van der Waals surface area contributed by atoms with Crippen LogP contribution in [0.4, 0.5) is 4.79 Å². The quantitative estimate of drug-likeness (QED) is 0.410. The standard InChI is InChI=1S/C28H44N2O4/c1-7-17-30(27(34)29-28(6,20(4)5)22-15-9-8-10-16-22)25(31)23(18-19(2)3)24(26(32)33)21-13-11-12-14-21/h8-10,15-16,19-21,23-24H,7,11-14,17-18H2,1-6H3,(H,29,34)(H,32,33)/t23-,24+,28?/m1/s1. The predicted molar refractivity (Wildman–Crippen MR) is 135 cm³/mol. The molecule has 190 valence electrons. The molecule has 34 heavy (non-hydrogen) atoms. The van der Waals surface area contributed by atoms with Gasteiger partial charge in [0, 0.05) is 6.54 Å². The molecule has 3 amide bonds. The highest BCUT2D eigenvalue weighted by atomic mass is 16.4. The van der Waals surface area contributed by atoms with Crippen molar-refractivity contribution >= 4 is 17.9 Å². The highest BCUT2D eigenvalue weighted by molar-refractivity contribution is 5.97. The number of nitrogens with one attached hydrogen (secondary N) is 1. The molecule has 0 heterocycles. The average molecular weight is 473 g/mol. The number of urea groups is 1. The van der Waals surface area contributed by atoms with Crippen molar-refractivity contribution in [3.05, 3.63) is 35.9 Å². The molecule has 2 rings (SSSR count). The van der Waals surface area contributed by atoms with Gasteiger partial charge in [-0.2, -0.15) is 0 Å². The highest BCUT2D eigenvalue weighted by Crippen LogP contribution is 2.39. The molecular formula is C28H44N2O4. The Balaban J connectivity index is 2.39. The van der Waals surface area contributed by atoms with E-state index in [0.717, 1.165) is 31.2 Å². The maximum absolute atomic E-state index is 13.9. The summed E-state index contributed by atoms with van der Waals surface area (Å²) in [5.41, 5.74) is 0.297. The number of hydrogen-bond acceptors (Lipinski definition) is 3. The van der Waals surface area contributed by atoms with Crippen molar-refractivity contribution in [3.63, 3.8) is 0 Å². The van der Waals surface area contributed by atoms with Crippen LogP contribution < -0.4 is 5.32 Å². The van der Waals surface area contributed by atoms with E-state index < -0.39 is 29.4 Å². The molecule has 2 N–H and O–H groups in total. The summed E-state index contributed by atoms with van der Waals surface area (Å²) in [6.07, 6.45) is 4.73. The summed E-state index contributed by atoms with van der Waals surface area (Å²) in [7, 11) is 0. The molecule has 6 nitrogen and oxygen atoms in total. The topological polar surface area (TPSA) is 86.7 Å². The lowest BCUT2D eigenvalue weighted by Crippen LogP contribution is -2.56. The van der Waals surface area contributed by atoms with Gasteiger partial charge in [-0.05, 0) is 55.9 Å². The Kier molecular flexibility index (Phi) is 10.1. The third-order valence-corrected chi connectivity index (χ3v) is 7.52. The molecule has 0 aliphatic heterocycles. The van der Waals surface area contributed by atoms with E-state index in [-0.39, 0.29) is 30.2 Å². The van der Waals surface area contributed by atoms with Crippen molar-refractivity contribution in [2.24, 2.45) is 29.6 Å². The van der Waals surface area contributed by atoms with E-state index in [0.29, 0.717) is 12.8 Å². The van der Waals surface area contributed by atoms with Crippen molar-refractivity contribution in [3.8, 4) is 0 Å². The summed E-state index contributed by atoms with van der Waals surface area (Å²) in [5.74, 6) is -2.52. The normalized spacial score (nSPS) is 17.9. The number of carbonyl (C=O) groups excluding carboxylic acids is 2. The second-order valence-electron chi connectivity index (χ2n) is 10.8. The van der Waals surface area contributed by atoms with Crippen molar-refractivity contribution in [2.45, 2.75) is 85.6 Å². The zero-order chi connectivity index (χ0) is 25.5. The molecule has 1 aromatic rings. The number of amides is 3. The van der Waals surface area contributed by atoms with E-state index in [4.69, 9.17) is 0 Å². The van der Waals surface area contributed by atoms with Crippen LogP contribution in [0.15, 0.2) is 30.3 Å². The van der Waals surface area contributed by atoms with E-state index in [1.807, 2.05) is 71.9 Å². The Morgan fingerprint density at radius 2 is 1.68 bits per heavy atom. The summed E-state index contributed by atoms with van der Waals surface area (Å²) in [4.78, 5) is 41.2. The third-order valence-electron chi connectivity index (χ3n) is 7.52. The summed E-state index contributed by atoms with van der Waals surface area (Å²) >= 11 is 0. The predicted octanol–water partition coefficient (Wildman–Crippen LogP) is 6.06. The van der Waals surface area contributed by atoms with Gasteiger partial charge in [-0.15, -0.1) is 0 Å². The first kappa shape index (κ1) is 27.9. The van der Waals surface area contributed by atoms with Crippen LogP contribution in [0.3, 0.4) is 0 Å². The largest absolute Gasteiger partial charge is 0.481 e. The van der Waals surface area contributed by atoms with Gasteiger partial charge in [0.05, 0.1) is 17.4 Å². The first-order chi connectivity index (χ1) is 16.0. The fraction of sp³-hybridized carbons (Fsp3) is 0.679. The summed E-state index contributed by atoms with van der Waals surface area (Å²) in [6.45, 7) is 12.3. The number of benzene rings is 1. The molecule has 0 saturated heterocycles. The zero-order valence-corrected chi connectivity index (χ0v) is 21.8. The Hall–Kier alpha value is -2.37. The summed E-state index contributed by atoms with van der Waals surface area (Å²) in [5, 5.41) is 13.3. The smallest absolute Gasteiger partial charge is 0.324 e. The lowest BCUT2D eigenvalue weighted by molar-refractivity contribution is -0.152. The molecular weight excluding hydrogens is 428 g/mol. The van der Waals surface area contributed by atoms with Crippen LogP contribution >= 0.6 is 0 Å². The minimum absolute atomic E-state index is 0.0120. The van der Waals surface area contributed by atoms with Gasteiger partial charge in [0.15, 0.2) is 0 Å². The van der Waals surface area contributed by atoms with Crippen LogP contribution in [0.2, 0.25) is 0 Å². The lowest BCUT2D eigenvalue weighted by atomic mass is 9.76. The van der Waals surface area contributed by atoms with Gasteiger partial charge < -0.3 is 10.4 Å². The number of aliphatic carboxylic acids is 1. The van der Waals surface area contributed by atoms with Gasteiger partial charge in [-0.1, -0.05) is 77.8 Å². The first-order valence-electron chi connectivity index (χ1n) is 12.9. The lowest BCUT2D eigenvalue weighted by Gasteiger charge is -2.38. The molecule has 0 aromatic heterocycles. The van der Waals surface area contributed by atoms with Crippen LogP contribution in [0.25, 0.3) is 0 Å². The highest BCUT2D eigenvalue weighted by Gasteiger charge is 2.44. The molecule has 6 heteroatoms. The van der Waals surface area contributed by atoms with Crippen LogP contribution in [0.1, 0.15) is 85.6 Å². The number of hydrogen-bond donors (Lipinski definition) is 2. The van der Waals surface area contributed by atoms with Gasteiger partial charge in [-0.3, -0.25) is 14.5 Å². The Morgan fingerprint density at radius 3 is 2.15 bits per heavy atom. The minimum atomic E-state index is -0.918. The molecule has 0 spiro atoms. The van der Waals surface area contributed by atoms with E-state index in [1.165, 1.54) is 4.90 Å². The number of rotatable bonds is 11. The molecule has 1 aromatic carbocycles. The maximum Gasteiger partial charge on any atom is 0.324 e. The van der Waals surface area contributed by atoms with Crippen molar-refractivity contribution < 1.29 is 19.5 Å². The number of carboxylic acids is 1. The molecule has 3 atom stereocenters. The zero-order valence-electron chi connectivity index (χ0n) is 21.8. The van der Waals surface area contributed by atoms with Gasteiger partial charge in [0.2, 0.25) is 5.91 Å². The number of nitrogens with zero attached hydrogens (tertiary/aromatic N) is 1. The fourth-order valence-electron chi connectivity index (χ4n) is 5.29. The first-order valence-corrected chi connectivity index (χ1v) is 12.9. The third kappa shape index (κ3) is 6.61. The fourth-order valence-corrected chi connectivity index (χ4v) is 5.29. The van der Waals surface area contributed by atoms with Gasteiger partial charge in [0.1, 0.15) is 0 Å². The molecule has 1 fully saturated rings. The number of carboxylic acid groups (broad SMARTS) is 1. The van der Waals surface area contributed by atoms with E-state index in [1.54, 1.807) is 0 Å². The molecule has 1 unspecified atom stereocenters. The van der Waals surface area contributed by atoms with Gasteiger partial charge in [-0.25, -0.2) is 4.79 Å². The number of carbonyl (C=O) groups is 3. The van der Waals surface area contributed by atoms with Crippen LogP contribution in [-0.2, 0) is 15.1 Å². The molecule has 0 radical (unpaired) electrons. The van der Waals surface area contributed by atoms with Crippen LogP contribution in [0.5, 0.6) is 0 Å². The summed E-state index contributed by atoms with van der Waals surface area (Å²) < 4.78 is 0. The van der Waals surface area contributed by atoms with Crippen LogP contribution in [-0.4, -0.2) is 34.5 Å². The van der Waals surface area contributed by atoms with Gasteiger partial charge >= 0.3 is 12.0 Å². The van der Waals surface area contributed by atoms with Gasteiger partial charge in [0.25, 0.3) is 0 Å². The average Bonchev–Trinajstić information content (AvgIpc) is 3.30. The monoisotopic (exact) mass is 472 g/mol. The summed E-state index contributed by atoms with van der Waals surface area (Å²) in [6, 6.07) is 9.33. The van der Waals surface area contributed by atoms with Crippen molar-refractivity contribution in [1.29, 1.82) is 0 Å². The Bertz CT molecular complexity index is 817. The number of imide groups is 1.